The molecule has 0 aliphatic heterocycles. The fourth-order valence-electron chi connectivity index (χ4n) is 3.15. The number of nitrogens with zero attached hydrogens (tertiary/aromatic N) is 3. The van der Waals surface area contributed by atoms with Crippen LogP contribution >= 0.6 is 0 Å². The monoisotopic (exact) mass is 409 g/mol. The number of rotatable bonds is 9. The van der Waals surface area contributed by atoms with Crippen molar-refractivity contribution in [1.29, 1.82) is 0 Å². The quantitative estimate of drug-likeness (QED) is 0.478. The van der Waals surface area contributed by atoms with Crippen LogP contribution in [0.25, 0.3) is 11.6 Å². The molecule has 0 spiro atoms. The Morgan fingerprint density at radius 1 is 1.33 bits per heavy atom. The maximum Gasteiger partial charge on any atom is 0.131 e. The number of nitrogens with one attached hydrogen (secondary N) is 1. The van der Waals surface area contributed by atoms with Gasteiger partial charge in [0.2, 0.25) is 0 Å². The SMILES string of the molecule is CCN/C(C)=C(C(C)=NC[C@@H](C)N)/C(=C\C=Cc1cnn(C)c1)c1ccccc1F. The zero-order valence-electron chi connectivity index (χ0n) is 18.5. The molecule has 1 aromatic heterocycles. The lowest BCUT2D eigenvalue weighted by molar-refractivity contribution is 0.624. The fourth-order valence-corrected chi connectivity index (χ4v) is 3.15. The normalized spacial score (nSPS) is 14.8. The van der Waals surface area contributed by atoms with Crippen molar-refractivity contribution >= 4 is 17.4 Å². The summed E-state index contributed by atoms with van der Waals surface area (Å²) in [7, 11) is 1.87. The second-order valence-corrected chi connectivity index (χ2v) is 7.30. The van der Waals surface area contributed by atoms with Crippen molar-refractivity contribution in [1.82, 2.24) is 15.1 Å². The molecule has 0 bridgehead atoms. The van der Waals surface area contributed by atoms with Gasteiger partial charge < -0.3 is 11.1 Å². The van der Waals surface area contributed by atoms with E-state index in [1.54, 1.807) is 23.0 Å². The molecule has 0 amide bonds. The third-order valence-corrected chi connectivity index (χ3v) is 4.50. The lowest BCUT2D eigenvalue weighted by Crippen LogP contribution is -2.21. The van der Waals surface area contributed by atoms with Crippen LogP contribution in [-0.4, -0.2) is 34.6 Å². The van der Waals surface area contributed by atoms with E-state index in [2.05, 4.69) is 15.4 Å². The minimum absolute atomic E-state index is 0.0491. The van der Waals surface area contributed by atoms with Crippen molar-refractivity contribution in [3.63, 3.8) is 0 Å². The summed E-state index contributed by atoms with van der Waals surface area (Å²) < 4.78 is 16.5. The minimum Gasteiger partial charge on any atom is -0.388 e. The highest BCUT2D eigenvalue weighted by Crippen LogP contribution is 2.29. The highest BCUT2D eigenvalue weighted by Gasteiger charge is 2.17. The third kappa shape index (κ3) is 6.52. The second kappa shape index (κ2) is 11.3. The number of halogens is 1. The number of hydrogen-bond acceptors (Lipinski definition) is 4. The largest absolute Gasteiger partial charge is 0.388 e. The lowest BCUT2D eigenvalue weighted by Gasteiger charge is -2.18. The van der Waals surface area contributed by atoms with E-state index < -0.39 is 0 Å². The van der Waals surface area contributed by atoms with Crippen molar-refractivity contribution < 1.29 is 4.39 Å². The number of aryl methyl sites for hydroxylation is 1. The van der Waals surface area contributed by atoms with E-state index in [1.807, 2.05) is 65.2 Å². The number of aliphatic imine (C=N–C) groups is 1. The van der Waals surface area contributed by atoms with Crippen LogP contribution < -0.4 is 11.1 Å². The van der Waals surface area contributed by atoms with Gasteiger partial charge in [-0.05, 0) is 39.3 Å². The minimum atomic E-state index is -0.277. The number of nitrogens with two attached hydrogens (primary N) is 1. The summed E-state index contributed by atoms with van der Waals surface area (Å²) in [6.07, 6.45) is 9.48. The van der Waals surface area contributed by atoms with Crippen molar-refractivity contribution in [3.05, 3.63) is 77.0 Å². The van der Waals surface area contributed by atoms with Crippen LogP contribution in [0.15, 0.2) is 65.1 Å². The van der Waals surface area contributed by atoms with E-state index in [1.165, 1.54) is 6.07 Å². The Morgan fingerprint density at radius 2 is 2.07 bits per heavy atom. The molecule has 0 unspecified atom stereocenters. The first-order chi connectivity index (χ1) is 14.3. The summed E-state index contributed by atoms with van der Waals surface area (Å²) in [5.74, 6) is -0.277. The van der Waals surface area contributed by atoms with Gasteiger partial charge in [-0.3, -0.25) is 9.67 Å². The van der Waals surface area contributed by atoms with E-state index in [4.69, 9.17) is 5.73 Å². The Labute approximate surface area is 178 Å². The maximum absolute atomic E-state index is 14.8. The zero-order valence-corrected chi connectivity index (χ0v) is 18.5. The smallest absolute Gasteiger partial charge is 0.131 e. The molecule has 0 aliphatic rings. The standard InChI is InChI=1S/C24H32FN5/c1-6-27-18(3)24(19(4)28-14-17(2)26)22(21-11-7-8-13-23(21)25)12-9-10-20-15-29-30(5)16-20/h7-13,15-17,27H,6,14,26H2,1-5H3/b10-9?,22-12-,24-18+,28-19?/t17-/m1/s1. The summed E-state index contributed by atoms with van der Waals surface area (Å²) in [5.41, 5.74) is 10.8. The average Bonchev–Trinajstić information content (AvgIpc) is 3.11. The first kappa shape index (κ1) is 23.3. The first-order valence-electron chi connectivity index (χ1n) is 10.2. The molecular formula is C24H32FN5. The first-order valence-corrected chi connectivity index (χ1v) is 10.2. The van der Waals surface area contributed by atoms with Crippen LogP contribution in [0.5, 0.6) is 0 Å². The summed E-state index contributed by atoms with van der Waals surface area (Å²) in [6, 6.07) is 6.75. The van der Waals surface area contributed by atoms with Gasteiger partial charge >= 0.3 is 0 Å². The Bertz CT molecular complexity index is 963. The van der Waals surface area contributed by atoms with Gasteiger partial charge in [0.05, 0.1) is 12.7 Å². The highest BCUT2D eigenvalue weighted by molar-refractivity contribution is 6.13. The van der Waals surface area contributed by atoms with E-state index in [9.17, 15) is 4.39 Å². The van der Waals surface area contributed by atoms with Crippen molar-refractivity contribution in [2.45, 2.75) is 33.7 Å². The van der Waals surface area contributed by atoms with Gasteiger partial charge in [0.25, 0.3) is 0 Å². The lowest BCUT2D eigenvalue weighted by atomic mass is 9.92. The molecule has 2 aromatic rings. The van der Waals surface area contributed by atoms with Gasteiger partial charge in [-0.25, -0.2) is 4.39 Å². The van der Waals surface area contributed by atoms with Gasteiger partial charge in [-0.1, -0.05) is 36.4 Å². The summed E-state index contributed by atoms with van der Waals surface area (Å²) in [6.45, 7) is 9.14. The van der Waals surface area contributed by atoms with E-state index >= 15 is 0 Å². The summed E-state index contributed by atoms with van der Waals surface area (Å²) in [4.78, 5) is 4.67. The molecule has 1 atom stereocenters. The van der Waals surface area contributed by atoms with Gasteiger partial charge in [0.1, 0.15) is 5.82 Å². The third-order valence-electron chi connectivity index (χ3n) is 4.50. The second-order valence-electron chi connectivity index (χ2n) is 7.30. The van der Waals surface area contributed by atoms with Crippen LogP contribution in [0.1, 0.15) is 38.8 Å². The highest BCUT2D eigenvalue weighted by atomic mass is 19.1. The molecule has 6 heteroatoms. The Hall–Kier alpha value is -2.99. The summed E-state index contributed by atoms with van der Waals surface area (Å²) >= 11 is 0. The van der Waals surface area contributed by atoms with Gasteiger partial charge in [-0.2, -0.15) is 5.10 Å². The number of benzene rings is 1. The predicted octanol–water partition coefficient (Wildman–Crippen LogP) is 4.35. The van der Waals surface area contributed by atoms with Crippen molar-refractivity contribution in [2.75, 3.05) is 13.1 Å². The molecule has 0 aliphatic carbocycles. The molecular weight excluding hydrogens is 377 g/mol. The van der Waals surface area contributed by atoms with Crippen molar-refractivity contribution in [3.8, 4) is 0 Å². The predicted molar refractivity (Wildman–Crippen MR) is 125 cm³/mol. The molecule has 5 nitrogen and oxygen atoms in total. The average molecular weight is 410 g/mol. The van der Waals surface area contributed by atoms with Gasteiger partial charge in [0.15, 0.2) is 0 Å². The zero-order chi connectivity index (χ0) is 22.1. The van der Waals surface area contributed by atoms with Crippen LogP contribution in [0.3, 0.4) is 0 Å². The molecule has 3 N–H and O–H groups in total. The van der Waals surface area contributed by atoms with Gasteiger partial charge in [0, 0.05) is 53.9 Å². The van der Waals surface area contributed by atoms with Crippen LogP contribution in [0.4, 0.5) is 4.39 Å². The number of aromatic nitrogens is 2. The summed E-state index contributed by atoms with van der Waals surface area (Å²) in [5, 5.41) is 7.54. The van der Waals surface area contributed by atoms with E-state index in [0.717, 1.165) is 34.7 Å². The Balaban J connectivity index is 2.62. The number of hydrogen-bond donors (Lipinski definition) is 2. The van der Waals surface area contributed by atoms with Gasteiger partial charge in [-0.15, -0.1) is 0 Å². The van der Waals surface area contributed by atoms with Crippen LogP contribution in [0, 0.1) is 5.82 Å². The molecule has 0 fully saturated rings. The molecule has 160 valence electrons. The maximum atomic E-state index is 14.8. The molecule has 1 heterocycles. The Kier molecular flexibility index (Phi) is 8.74. The fraction of sp³-hybridized carbons (Fsp3) is 0.333. The molecule has 0 radical (unpaired) electrons. The molecule has 1 aromatic carbocycles. The van der Waals surface area contributed by atoms with Crippen LogP contribution in [-0.2, 0) is 7.05 Å². The van der Waals surface area contributed by atoms with E-state index in [-0.39, 0.29) is 11.9 Å². The molecule has 2 rings (SSSR count). The Morgan fingerprint density at radius 3 is 2.67 bits per heavy atom. The number of allylic oxidation sites excluding steroid dienone is 5. The molecule has 30 heavy (non-hydrogen) atoms. The van der Waals surface area contributed by atoms with Crippen LogP contribution in [0.2, 0.25) is 0 Å². The van der Waals surface area contributed by atoms with E-state index in [0.29, 0.717) is 12.1 Å². The van der Waals surface area contributed by atoms with Crippen molar-refractivity contribution in [2.24, 2.45) is 17.8 Å². The molecule has 0 saturated carbocycles. The molecule has 0 saturated heterocycles. The topological polar surface area (TPSA) is 68.2 Å².